The fourth-order valence-electron chi connectivity index (χ4n) is 2.47. The molecule has 127 valence electrons. The molecule has 0 unspecified atom stereocenters. The maximum Gasteiger partial charge on any atom is 0.144 e. The van der Waals surface area contributed by atoms with Crippen molar-refractivity contribution in [1.82, 2.24) is 0 Å². The van der Waals surface area contributed by atoms with Crippen molar-refractivity contribution >= 4 is 11.9 Å². The van der Waals surface area contributed by atoms with E-state index in [1.807, 2.05) is 25.3 Å². The van der Waals surface area contributed by atoms with Crippen molar-refractivity contribution in [2.45, 2.75) is 47.0 Å². The Morgan fingerprint density at radius 3 is 2.22 bits per heavy atom. The number of aliphatic imine (C=N–C) groups is 1. The Balaban J connectivity index is 0.00000264. The van der Waals surface area contributed by atoms with Crippen LogP contribution in [-0.2, 0) is 22.5 Å². The zero-order chi connectivity index (χ0) is 16.5. The quantitative estimate of drug-likeness (QED) is 0.568. The van der Waals surface area contributed by atoms with Gasteiger partial charge in [-0.3, -0.25) is 4.99 Å². The minimum absolute atomic E-state index is 0. The van der Waals surface area contributed by atoms with Gasteiger partial charge >= 0.3 is 0 Å². The van der Waals surface area contributed by atoms with Gasteiger partial charge in [0, 0.05) is 28.8 Å². The number of aromatic hydroxyl groups is 1. The number of benzene rings is 2. The summed E-state index contributed by atoms with van der Waals surface area (Å²) in [4.78, 5) is 4.54. The van der Waals surface area contributed by atoms with Crippen LogP contribution in [0.2, 0.25) is 0 Å². The van der Waals surface area contributed by atoms with Crippen molar-refractivity contribution in [3.8, 4) is 5.75 Å². The van der Waals surface area contributed by atoms with E-state index >= 15 is 0 Å². The van der Waals surface area contributed by atoms with Gasteiger partial charge in [0.15, 0.2) is 0 Å². The van der Waals surface area contributed by atoms with Crippen molar-refractivity contribution in [3.05, 3.63) is 58.1 Å². The predicted octanol–water partition coefficient (Wildman–Crippen LogP) is 5.36. The molecule has 0 fully saturated rings. The average molecular weight is 359 g/mol. The first-order valence-electron chi connectivity index (χ1n) is 7.64. The summed E-state index contributed by atoms with van der Waals surface area (Å²) in [6, 6.07) is 10.2. The van der Waals surface area contributed by atoms with Gasteiger partial charge in [-0.05, 0) is 48.9 Å². The van der Waals surface area contributed by atoms with Crippen LogP contribution in [0, 0.1) is 20.8 Å². The minimum atomic E-state index is -0.111. The average Bonchev–Trinajstić information content (AvgIpc) is 2.41. The smallest absolute Gasteiger partial charge is 0.144 e. The van der Waals surface area contributed by atoms with E-state index in [4.69, 9.17) is 0 Å². The maximum absolute atomic E-state index is 10.5. The van der Waals surface area contributed by atoms with E-state index in [0.29, 0.717) is 5.69 Å². The van der Waals surface area contributed by atoms with Crippen LogP contribution in [0.3, 0.4) is 0 Å². The third-order valence-electron chi connectivity index (χ3n) is 3.82. The Bertz CT molecular complexity index is 727. The van der Waals surface area contributed by atoms with Gasteiger partial charge in [-0.2, -0.15) is 0 Å². The molecule has 2 aromatic carbocycles. The topological polar surface area (TPSA) is 32.6 Å². The Labute approximate surface area is 150 Å². The summed E-state index contributed by atoms with van der Waals surface area (Å²) < 4.78 is 0. The molecule has 1 radical (unpaired) electrons. The van der Waals surface area contributed by atoms with E-state index in [2.05, 4.69) is 57.8 Å². The molecule has 2 aromatic rings. The zero-order valence-electron chi connectivity index (χ0n) is 14.7. The molecule has 0 aliphatic carbocycles. The predicted molar refractivity (Wildman–Crippen MR) is 94.7 cm³/mol. The summed E-state index contributed by atoms with van der Waals surface area (Å²) in [6.07, 6.45) is 1.84. The van der Waals surface area contributed by atoms with E-state index in [-0.39, 0.29) is 28.2 Å². The monoisotopic (exact) mass is 358 g/mol. The van der Waals surface area contributed by atoms with Crippen LogP contribution in [-0.4, -0.2) is 11.3 Å². The zero-order valence-corrected chi connectivity index (χ0v) is 15.6. The van der Waals surface area contributed by atoms with Crippen LogP contribution < -0.4 is 0 Å². The third kappa shape index (κ3) is 4.70. The van der Waals surface area contributed by atoms with Crippen LogP contribution in [0.15, 0.2) is 35.3 Å². The summed E-state index contributed by atoms with van der Waals surface area (Å²) >= 11 is 0. The molecule has 0 saturated heterocycles. The van der Waals surface area contributed by atoms with Gasteiger partial charge in [0.2, 0.25) is 0 Å². The summed E-state index contributed by atoms with van der Waals surface area (Å²) in [7, 11) is 0. The van der Waals surface area contributed by atoms with Gasteiger partial charge in [-0.25, -0.2) is 0 Å². The molecule has 23 heavy (non-hydrogen) atoms. The number of rotatable bonds is 2. The number of aryl methyl sites for hydroxylation is 3. The second kappa shape index (κ2) is 7.33. The van der Waals surface area contributed by atoms with E-state index in [9.17, 15) is 5.11 Å². The number of phenolic OH excluding ortho intramolecular Hbond substituents is 1. The molecule has 0 saturated carbocycles. The summed E-state index contributed by atoms with van der Waals surface area (Å²) in [5, 5.41) is 10.5. The van der Waals surface area contributed by atoms with Crippen molar-refractivity contribution in [2.75, 3.05) is 0 Å². The van der Waals surface area contributed by atoms with E-state index in [1.165, 1.54) is 11.1 Å². The molecule has 0 amide bonds. The molecule has 2 nitrogen and oxygen atoms in total. The normalized spacial score (nSPS) is 11.6. The molecule has 0 heterocycles. The van der Waals surface area contributed by atoms with Crippen LogP contribution in [0.25, 0.3) is 0 Å². The van der Waals surface area contributed by atoms with Crippen LogP contribution >= 0.6 is 0 Å². The fraction of sp³-hybridized carbons (Fsp3) is 0.350. The molecule has 0 bridgehead atoms. The molecule has 0 aliphatic heterocycles. The van der Waals surface area contributed by atoms with Gasteiger partial charge in [0.05, 0.1) is 0 Å². The van der Waals surface area contributed by atoms with Gasteiger partial charge in [-0.15, -0.1) is 0 Å². The van der Waals surface area contributed by atoms with Crippen LogP contribution in [0.1, 0.15) is 48.6 Å². The molecular formula is C20H25CuNO. The Hall–Kier alpha value is -1.57. The van der Waals surface area contributed by atoms with Gasteiger partial charge in [0.1, 0.15) is 11.4 Å². The molecular weight excluding hydrogens is 334 g/mol. The standard InChI is InChI=1S/C20H25NO.Cu/c1-13-7-8-15(3)16(9-13)12-21-18-11-14(2)10-17(19(18)22)20(4,5)6;/h7-12,22H,1-6H3;. The maximum atomic E-state index is 10.5. The minimum Gasteiger partial charge on any atom is -0.505 e. The molecule has 2 rings (SSSR count). The Morgan fingerprint density at radius 2 is 1.61 bits per heavy atom. The molecule has 0 atom stereocenters. The first-order chi connectivity index (χ1) is 10.2. The first-order valence-corrected chi connectivity index (χ1v) is 7.64. The van der Waals surface area contributed by atoms with E-state index in [1.54, 1.807) is 0 Å². The molecule has 3 heteroatoms. The first kappa shape index (κ1) is 19.5. The fourth-order valence-corrected chi connectivity index (χ4v) is 2.47. The van der Waals surface area contributed by atoms with E-state index in [0.717, 1.165) is 16.7 Å². The molecule has 1 N–H and O–H groups in total. The Morgan fingerprint density at radius 1 is 0.957 bits per heavy atom. The largest absolute Gasteiger partial charge is 0.505 e. The number of phenols is 1. The van der Waals surface area contributed by atoms with Gasteiger partial charge in [0.25, 0.3) is 0 Å². The van der Waals surface area contributed by atoms with Crippen LogP contribution in [0.4, 0.5) is 5.69 Å². The van der Waals surface area contributed by atoms with Crippen molar-refractivity contribution < 1.29 is 22.2 Å². The van der Waals surface area contributed by atoms with Gasteiger partial charge < -0.3 is 5.11 Å². The third-order valence-corrected chi connectivity index (χ3v) is 3.82. The number of nitrogens with zero attached hydrogens (tertiary/aromatic N) is 1. The number of hydrogen-bond donors (Lipinski definition) is 1. The Kier molecular flexibility index (Phi) is 6.21. The van der Waals surface area contributed by atoms with Gasteiger partial charge in [-0.1, -0.05) is 50.6 Å². The second-order valence-corrected chi connectivity index (χ2v) is 7.05. The summed E-state index contributed by atoms with van der Waals surface area (Å²) in [6.45, 7) is 12.5. The van der Waals surface area contributed by atoms with Crippen molar-refractivity contribution in [1.29, 1.82) is 0 Å². The SMILES string of the molecule is Cc1ccc(C)c(C=Nc2cc(C)cc(C(C)(C)C)c2O)c1.[Cu]. The molecule has 0 spiro atoms. The van der Waals surface area contributed by atoms with Crippen molar-refractivity contribution in [2.24, 2.45) is 4.99 Å². The van der Waals surface area contributed by atoms with Crippen LogP contribution in [0.5, 0.6) is 5.75 Å². The van der Waals surface area contributed by atoms with Crippen molar-refractivity contribution in [3.63, 3.8) is 0 Å². The summed E-state index contributed by atoms with van der Waals surface area (Å²) in [5.74, 6) is 0.277. The molecule has 0 aliphatic rings. The number of hydrogen-bond acceptors (Lipinski definition) is 2. The second-order valence-electron chi connectivity index (χ2n) is 7.05. The summed E-state index contributed by atoms with van der Waals surface area (Å²) in [5.41, 5.74) is 6.02. The molecule has 0 aromatic heterocycles. The van der Waals surface area contributed by atoms with E-state index < -0.39 is 0 Å².